The quantitative estimate of drug-likeness (QED) is 0.728. The molecular formula is C20H21NO4. The molecule has 1 saturated heterocycles. The molecule has 0 radical (unpaired) electrons. The summed E-state index contributed by atoms with van der Waals surface area (Å²) >= 11 is 0. The molecule has 0 spiro atoms. The first-order valence-electron chi connectivity index (χ1n) is 8.35. The van der Waals surface area contributed by atoms with Crippen molar-refractivity contribution >= 4 is 11.6 Å². The molecule has 1 aromatic carbocycles. The van der Waals surface area contributed by atoms with E-state index >= 15 is 0 Å². The summed E-state index contributed by atoms with van der Waals surface area (Å²) in [5.74, 6) is 3.13. The Hall–Kier alpha value is -2.55. The van der Waals surface area contributed by atoms with Crippen molar-refractivity contribution in [1.82, 2.24) is 0 Å². The first-order valence-corrected chi connectivity index (χ1v) is 8.35. The third-order valence-electron chi connectivity index (χ3n) is 4.07. The molecule has 1 aliphatic heterocycles. The van der Waals surface area contributed by atoms with Gasteiger partial charge in [0.1, 0.15) is 12.4 Å². The van der Waals surface area contributed by atoms with Crippen LogP contribution in [0.5, 0.6) is 0 Å². The average molecular weight is 339 g/mol. The Balaban J connectivity index is 1.68. The van der Waals surface area contributed by atoms with Crippen LogP contribution in [-0.2, 0) is 20.8 Å². The van der Waals surface area contributed by atoms with Crippen LogP contribution in [0.3, 0.4) is 0 Å². The highest BCUT2D eigenvalue weighted by molar-refractivity contribution is 5.94. The number of rotatable bonds is 7. The molecule has 3 rings (SSSR count). The molecule has 1 amide bonds. The molecule has 1 fully saturated rings. The zero-order chi connectivity index (χ0) is 17.5. The minimum Gasteiger partial charge on any atom is -0.467 e. The summed E-state index contributed by atoms with van der Waals surface area (Å²) in [4.78, 5) is 14.3. The van der Waals surface area contributed by atoms with Crippen LogP contribution < -0.4 is 4.90 Å². The van der Waals surface area contributed by atoms with Crippen molar-refractivity contribution in [3.63, 3.8) is 0 Å². The zero-order valence-corrected chi connectivity index (χ0v) is 14.0. The predicted octanol–water partition coefficient (Wildman–Crippen LogP) is 2.99. The van der Waals surface area contributed by atoms with Gasteiger partial charge < -0.3 is 18.8 Å². The van der Waals surface area contributed by atoms with Gasteiger partial charge in [0, 0.05) is 17.9 Å². The number of carbonyl (C=O) groups is 1. The van der Waals surface area contributed by atoms with E-state index in [0.29, 0.717) is 18.9 Å². The van der Waals surface area contributed by atoms with Crippen molar-refractivity contribution in [1.29, 1.82) is 0 Å². The Morgan fingerprint density at radius 3 is 3.00 bits per heavy atom. The first kappa shape index (κ1) is 17.3. The van der Waals surface area contributed by atoms with Gasteiger partial charge in [-0.2, -0.15) is 0 Å². The second-order valence-electron chi connectivity index (χ2n) is 5.90. The number of nitrogens with zero attached hydrogens (tertiary/aromatic N) is 1. The molecule has 1 unspecified atom stereocenters. The van der Waals surface area contributed by atoms with Crippen LogP contribution in [0.1, 0.15) is 24.2 Å². The molecular weight excluding hydrogens is 318 g/mol. The van der Waals surface area contributed by atoms with Crippen LogP contribution in [0.4, 0.5) is 5.69 Å². The number of hydrogen-bond acceptors (Lipinski definition) is 4. The molecule has 25 heavy (non-hydrogen) atoms. The van der Waals surface area contributed by atoms with E-state index in [9.17, 15) is 4.79 Å². The summed E-state index contributed by atoms with van der Waals surface area (Å²) in [5, 5.41) is 0. The lowest BCUT2D eigenvalue weighted by Crippen LogP contribution is -2.34. The SMILES string of the molecule is C#Cc1cccc(N(Cc2ccco2)C(=O)COCC2CCCO2)c1. The smallest absolute Gasteiger partial charge is 0.253 e. The molecule has 130 valence electrons. The maximum atomic E-state index is 12.7. The van der Waals surface area contributed by atoms with Crippen molar-refractivity contribution in [3.8, 4) is 12.3 Å². The molecule has 1 aromatic heterocycles. The summed E-state index contributed by atoms with van der Waals surface area (Å²) in [6, 6.07) is 10.9. The van der Waals surface area contributed by atoms with Gasteiger partial charge in [-0.05, 0) is 43.2 Å². The Morgan fingerprint density at radius 1 is 1.36 bits per heavy atom. The van der Waals surface area contributed by atoms with Gasteiger partial charge in [0.25, 0.3) is 5.91 Å². The van der Waals surface area contributed by atoms with Crippen LogP contribution >= 0.6 is 0 Å². The highest BCUT2D eigenvalue weighted by Gasteiger charge is 2.20. The summed E-state index contributed by atoms with van der Waals surface area (Å²) in [6.07, 6.45) is 9.18. The fraction of sp³-hybridized carbons (Fsp3) is 0.350. The van der Waals surface area contributed by atoms with Gasteiger partial charge in [0.15, 0.2) is 0 Å². The maximum Gasteiger partial charge on any atom is 0.253 e. The van der Waals surface area contributed by atoms with E-state index in [1.807, 2.05) is 24.3 Å². The van der Waals surface area contributed by atoms with E-state index in [-0.39, 0.29) is 18.6 Å². The van der Waals surface area contributed by atoms with E-state index in [1.54, 1.807) is 23.3 Å². The van der Waals surface area contributed by atoms with Crippen LogP contribution in [0.15, 0.2) is 47.1 Å². The number of ether oxygens (including phenoxy) is 2. The summed E-state index contributed by atoms with van der Waals surface area (Å²) in [6.45, 7) is 1.51. The highest BCUT2D eigenvalue weighted by Crippen LogP contribution is 2.20. The van der Waals surface area contributed by atoms with E-state index in [4.69, 9.17) is 20.3 Å². The topological polar surface area (TPSA) is 51.9 Å². The third-order valence-corrected chi connectivity index (χ3v) is 4.07. The second-order valence-corrected chi connectivity index (χ2v) is 5.90. The van der Waals surface area contributed by atoms with Gasteiger partial charge >= 0.3 is 0 Å². The number of benzene rings is 1. The summed E-state index contributed by atoms with van der Waals surface area (Å²) < 4.78 is 16.5. The van der Waals surface area contributed by atoms with Gasteiger partial charge in [0.2, 0.25) is 0 Å². The normalized spacial score (nSPS) is 16.5. The zero-order valence-electron chi connectivity index (χ0n) is 14.0. The third kappa shape index (κ3) is 4.72. The fourth-order valence-corrected chi connectivity index (χ4v) is 2.78. The number of hydrogen-bond donors (Lipinski definition) is 0. The van der Waals surface area contributed by atoms with E-state index in [2.05, 4.69) is 5.92 Å². The summed E-state index contributed by atoms with van der Waals surface area (Å²) in [5.41, 5.74) is 1.44. The largest absolute Gasteiger partial charge is 0.467 e. The van der Waals surface area contributed by atoms with Crippen molar-refractivity contribution in [3.05, 3.63) is 54.0 Å². The first-order chi connectivity index (χ1) is 12.3. The molecule has 5 heteroatoms. The molecule has 0 aliphatic carbocycles. The highest BCUT2D eigenvalue weighted by atomic mass is 16.5. The maximum absolute atomic E-state index is 12.7. The van der Waals surface area contributed by atoms with Gasteiger partial charge in [-0.3, -0.25) is 4.79 Å². The fourth-order valence-electron chi connectivity index (χ4n) is 2.78. The predicted molar refractivity (Wildman–Crippen MR) is 94.1 cm³/mol. The molecule has 0 bridgehead atoms. The van der Waals surface area contributed by atoms with Gasteiger partial charge in [-0.1, -0.05) is 12.0 Å². The lowest BCUT2D eigenvalue weighted by atomic mass is 10.2. The number of carbonyl (C=O) groups excluding carboxylic acids is 1. The Kier molecular flexibility index (Phi) is 5.89. The van der Waals surface area contributed by atoms with Gasteiger partial charge in [-0.15, -0.1) is 6.42 Å². The van der Waals surface area contributed by atoms with Crippen molar-refractivity contribution < 1.29 is 18.7 Å². The average Bonchev–Trinajstić information content (AvgIpc) is 3.33. The van der Waals surface area contributed by atoms with Crippen LogP contribution in [-0.4, -0.2) is 31.8 Å². The minimum absolute atomic E-state index is 0.0130. The molecule has 2 aromatic rings. The van der Waals surface area contributed by atoms with E-state index in [1.165, 1.54) is 0 Å². The minimum atomic E-state index is -0.149. The molecule has 2 heterocycles. The Labute approximate surface area is 147 Å². The van der Waals surface area contributed by atoms with Crippen LogP contribution in [0.25, 0.3) is 0 Å². The molecule has 1 atom stereocenters. The lowest BCUT2D eigenvalue weighted by Gasteiger charge is -2.22. The van der Waals surface area contributed by atoms with Crippen LogP contribution in [0, 0.1) is 12.3 Å². The standard InChI is InChI=1S/C20H21NO4/c1-2-16-6-3-7-17(12-16)21(13-18-8-4-10-24-18)20(22)15-23-14-19-9-5-11-25-19/h1,3-4,6-8,10,12,19H,5,9,11,13-15H2. The van der Waals surface area contributed by atoms with Crippen molar-refractivity contribution in [2.75, 3.05) is 24.7 Å². The number of terminal acetylenes is 1. The van der Waals surface area contributed by atoms with Gasteiger partial charge in [-0.25, -0.2) is 0 Å². The molecule has 0 N–H and O–H groups in total. The lowest BCUT2D eigenvalue weighted by molar-refractivity contribution is -0.124. The van der Waals surface area contributed by atoms with Crippen LogP contribution in [0.2, 0.25) is 0 Å². The van der Waals surface area contributed by atoms with E-state index in [0.717, 1.165) is 30.7 Å². The monoisotopic (exact) mass is 339 g/mol. The number of furan rings is 1. The molecule has 0 saturated carbocycles. The number of anilines is 1. The molecule has 5 nitrogen and oxygen atoms in total. The van der Waals surface area contributed by atoms with Crippen molar-refractivity contribution in [2.24, 2.45) is 0 Å². The summed E-state index contributed by atoms with van der Waals surface area (Å²) in [7, 11) is 0. The molecule has 1 aliphatic rings. The number of amides is 1. The Bertz CT molecular complexity index is 726. The van der Waals surface area contributed by atoms with Crippen molar-refractivity contribution in [2.45, 2.75) is 25.5 Å². The second kappa shape index (κ2) is 8.52. The Morgan fingerprint density at radius 2 is 2.28 bits per heavy atom. The van der Waals surface area contributed by atoms with Gasteiger partial charge in [0.05, 0.1) is 25.5 Å². The van der Waals surface area contributed by atoms with E-state index < -0.39 is 0 Å².